The minimum atomic E-state index is -0.164. The largest absolute Gasteiger partial charge is 0.493 e. The summed E-state index contributed by atoms with van der Waals surface area (Å²) in [5.74, 6) is 1.69. The first-order valence-corrected chi connectivity index (χ1v) is 7.13. The molecular formula is C15H24N4O2. The fourth-order valence-electron chi connectivity index (χ4n) is 2.65. The molecule has 6 heteroatoms. The van der Waals surface area contributed by atoms with Gasteiger partial charge in [-0.15, -0.1) is 0 Å². The maximum atomic E-state index is 7.70. The first kappa shape index (κ1) is 15.6. The molecule has 2 heterocycles. The Morgan fingerprint density at radius 1 is 1.38 bits per heavy atom. The van der Waals surface area contributed by atoms with Gasteiger partial charge in [-0.3, -0.25) is 15.3 Å². The number of ether oxygens (including phenoxy) is 2. The Morgan fingerprint density at radius 3 is 2.57 bits per heavy atom. The number of hydrogen-bond donors (Lipinski definition) is 2. The molecule has 0 radical (unpaired) electrons. The lowest BCUT2D eigenvalue weighted by Crippen LogP contribution is -2.44. The van der Waals surface area contributed by atoms with Crippen LogP contribution >= 0.6 is 0 Å². The van der Waals surface area contributed by atoms with Gasteiger partial charge in [0.25, 0.3) is 0 Å². The van der Waals surface area contributed by atoms with Crippen molar-refractivity contribution in [1.29, 1.82) is 5.41 Å². The van der Waals surface area contributed by atoms with Gasteiger partial charge in [-0.2, -0.15) is 0 Å². The van der Waals surface area contributed by atoms with E-state index in [2.05, 4.69) is 16.8 Å². The second kappa shape index (κ2) is 6.30. The first-order valence-electron chi connectivity index (χ1n) is 7.13. The SMILES string of the molecule is COc1ccnc(CN2CCC(C)(C(=N)N)CC2)c1OC. The van der Waals surface area contributed by atoms with Crippen LogP contribution in [0.15, 0.2) is 12.3 Å². The lowest BCUT2D eigenvalue weighted by Gasteiger charge is -2.38. The van der Waals surface area contributed by atoms with Gasteiger partial charge in [0.2, 0.25) is 0 Å². The molecule has 3 N–H and O–H groups in total. The van der Waals surface area contributed by atoms with Crippen molar-refractivity contribution in [3.05, 3.63) is 18.0 Å². The Morgan fingerprint density at radius 2 is 2.05 bits per heavy atom. The van der Waals surface area contributed by atoms with Crippen molar-refractivity contribution >= 4 is 5.84 Å². The van der Waals surface area contributed by atoms with Crippen LogP contribution in [0, 0.1) is 10.8 Å². The van der Waals surface area contributed by atoms with Crippen molar-refractivity contribution in [1.82, 2.24) is 9.88 Å². The predicted octanol–water partition coefficient (Wildman–Crippen LogP) is 1.64. The quantitative estimate of drug-likeness (QED) is 0.636. The normalized spacial score (nSPS) is 18.2. The second-order valence-corrected chi connectivity index (χ2v) is 5.74. The van der Waals surface area contributed by atoms with E-state index in [1.807, 2.05) is 0 Å². The summed E-state index contributed by atoms with van der Waals surface area (Å²) in [7, 11) is 3.26. The Hall–Kier alpha value is -1.82. The molecule has 1 aliphatic heterocycles. The van der Waals surface area contributed by atoms with E-state index < -0.39 is 0 Å². The fourth-order valence-corrected chi connectivity index (χ4v) is 2.65. The zero-order valence-corrected chi connectivity index (χ0v) is 13.0. The van der Waals surface area contributed by atoms with E-state index in [4.69, 9.17) is 20.6 Å². The van der Waals surface area contributed by atoms with Crippen LogP contribution < -0.4 is 15.2 Å². The molecule has 0 unspecified atom stereocenters. The third-order valence-electron chi connectivity index (χ3n) is 4.35. The Labute approximate surface area is 125 Å². The minimum Gasteiger partial charge on any atom is -0.493 e. The molecular weight excluding hydrogens is 268 g/mol. The maximum absolute atomic E-state index is 7.70. The summed E-state index contributed by atoms with van der Waals surface area (Å²) in [5, 5.41) is 7.70. The van der Waals surface area contributed by atoms with E-state index in [-0.39, 0.29) is 5.41 Å². The zero-order valence-electron chi connectivity index (χ0n) is 13.0. The Bertz CT molecular complexity index is 510. The van der Waals surface area contributed by atoms with Gasteiger partial charge < -0.3 is 15.2 Å². The molecule has 0 amide bonds. The summed E-state index contributed by atoms with van der Waals surface area (Å²) in [4.78, 5) is 6.72. The molecule has 0 atom stereocenters. The number of hydrogen-bond acceptors (Lipinski definition) is 5. The summed E-state index contributed by atoms with van der Waals surface area (Å²) in [6.45, 7) is 4.58. The van der Waals surface area contributed by atoms with E-state index in [0.717, 1.165) is 31.6 Å². The number of amidine groups is 1. The number of pyridine rings is 1. The molecule has 1 aromatic heterocycles. The monoisotopic (exact) mass is 292 g/mol. The van der Waals surface area contributed by atoms with Crippen molar-refractivity contribution in [3.8, 4) is 11.5 Å². The smallest absolute Gasteiger partial charge is 0.183 e. The Kier molecular flexibility index (Phi) is 4.67. The highest BCUT2D eigenvalue weighted by Gasteiger charge is 2.33. The molecule has 21 heavy (non-hydrogen) atoms. The van der Waals surface area contributed by atoms with Crippen molar-refractivity contribution < 1.29 is 9.47 Å². The van der Waals surface area contributed by atoms with Crippen molar-refractivity contribution in [3.63, 3.8) is 0 Å². The van der Waals surface area contributed by atoms with Crippen molar-refractivity contribution in [2.75, 3.05) is 27.3 Å². The third-order valence-corrected chi connectivity index (χ3v) is 4.35. The molecule has 1 saturated heterocycles. The minimum absolute atomic E-state index is 0.164. The van der Waals surface area contributed by atoms with Crippen LogP contribution in [0.3, 0.4) is 0 Å². The van der Waals surface area contributed by atoms with E-state index in [1.54, 1.807) is 26.5 Å². The lowest BCUT2D eigenvalue weighted by molar-refractivity contribution is 0.153. The number of piperidine rings is 1. The number of rotatable bonds is 5. The number of likely N-dealkylation sites (tertiary alicyclic amines) is 1. The number of nitrogens with two attached hydrogens (primary N) is 1. The molecule has 0 aromatic carbocycles. The average Bonchev–Trinajstić information content (AvgIpc) is 2.49. The highest BCUT2D eigenvalue weighted by Crippen LogP contribution is 2.33. The standard InChI is InChI=1S/C15H24N4O2/c1-15(14(16)17)5-8-19(9-6-15)10-11-13(21-3)12(20-2)4-7-18-11/h4,7H,5-6,8-10H2,1-3H3,(H3,16,17). The van der Waals surface area contributed by atoms with Crippen LogP contribution in [0.2, 0.25) is 0 Å². The molecule has 1 aromatic rings. The van der Waals surface area contributed by atoms with E-state index in [9.17, 15) is 0 Å². The molecule has 2 rings (SSSR count). The van der Waals surface area contributed by atoms with Crippen molar-refractivity contribution in [2.24, 2.45) is 11.1 Å². The average molecular weight is 292 g/mol. The van der Waals surface area contributed by atoms with E-state index >= 15 is 0 Å². The third kappa shape index (κ3) is 3.26. The molecule has 1 fully saturated rings. The first-order chi connectivity index (χ1) is 10.00. The summed E-state index contributed by atoms with van der Waals surface area (Å²) in [5.41, 5.74) is 6.41. The molecule has 0 spiro atoms. The van der Waals surface area contributed by atoms with Gasteiger partial charge in [-0.25, -0.2) is 0 Å². The number of aromatic nitrogens is 1. The van der Waals surface area contributed by atoms with Crippen LogP contribution in [0.5, 0.6) is 11.5 Å². The molecule has 1 aliphatic rings. The number of nitrogens with one attached hydrogen (secondary N) is 1. The van der Waals surface area contributed by atoms with Crippen LogP contribution in [-0.4, -0.2) is 43.0 Å². The highest BCUT2D eigenvalue weighted by atomic mass is 16.5. The number of nitrogens with zero attached hydrogens (tertiary/aromatic N) is 2. The summed E-state index contributed by atoms with van der Waals surface area (Å²) in [6.07, 6.45) is 3.53. The lowest BCUT2D eigenvalue weighted by atomic mass is 9.79. The van der Waals surface area contributed by atoms with E-state index in [1.165, 1.54) is 0 Å². The van der Waals surface area contributed by atoms with E-state index in [0.29, 0.717) is 23.9 Å². The molecule has 0 bridgehead atoms. The van der Waals surface area contributed by atoms with Crippen LogP contribution in [0.4, 0.5) is 0 Å². The van der Waals surface area contributed by atoms with Crippen LogP contribution in [-0.2, 0) is 6.54 Å². The van der Waals surface area contributed by atoms with Gasteiger partial charge >= 0.3 is 0 Å². The summed E-state index contributed by atoms with van der Waals surface area (Å²) >= 11 is 0. The van der Waals surface area contributed by atoms with Gasteiger partial charge in [-0.1, -0.05) is 6.92 Å². The molecule has 116 valence electrons. The van der Waals surface area contributed by atoms with Gasteiger partial charge in [0.05, 0.1) is 20.1 Å². The second-order valence-electron chi connectivity index (χ2n) is 5.74. The molecule has 0 saturated carbocycles. The fraction of sp³-hybridized carbons (Fsp3) is 0.600. The highest BCUT2D eigenvalue weighted by molar-refractivity contribution is 5.83. The zero-order chi connectivity index (χ0) is 15.5. The van der Waals surface area contributed by atoms with Gasteiger partial charge in [0.1, 0.15) is 5.69 Å². The maximum Gasteiger partial charge on any atom is 0.183 e. The summed E-state index contributed by atoms with van der Waals surface area (Å²) in [6, 6.07) is 1.80. The van der Waals surface area contributed by atoms with Crippen LogP contribution in [0.25, 0.3) is 0 Å². The van der Waals surface area contributed by atoms with Gasteiger partial charge in [0.15, 0.2) is 11.5 Å². The topological polar surface area (TPSA) is 84.5 Å². The van der Waals surface area contributed by atoms with Gasteiger partial charge in [0, 0.05) is 24.2 Å². The Balaban J connectivity index is 2.06. The predicted molar refractivity (Wildman–Crippen MR) is 81.9 cm³/mol. The van der Waals surface area contributed by atoms with Crippen LogP contribution in [0.1, 0.15) is 25.5 Å². The van der Waals surface area contributed by atoms with Gasteiger partial charge in [-0.05, 0) is 25.9 Å². The number of methoxy groups -OCH3 is 2. The summed E-state index contributed by atoms with van der Waals surface area (Å²) < 4.78 is 10.7. The molecule has 6 nitrogen and oxygen atoms in total. The molecule has 0 aliphatic carbocycles. The van der Waals surface area contributed by atoms with Crippen molar-refractivity contribution in [2.45, 2.75) is 26.3 Å².